The predicted molar refractivity (Wildman–Crippen MR) is 59.4 cm³/mol. The average molecular weight is 221 g/mol. The van der Waals surface area contributed by atoms with Gasteiger partial charge < -0.3 is 10.6 Å². The third kappa shape index (κ3) is 4.08. The lowest BCUT2D eigenvalue weighted by Gasteiger charge is -2.08. The van der Waals surface area contributed by atoms with Gasteiger partial charge in [0, 0.05) is 25.0 Å². The Kier molecular flexibility index (Phi) is 4.44. The Balaban J connectivity index is 2.38. The highest BCUT2D eigenvalue weighted by molar-refractivity contribution is 6.35. The maximum atomic E-state index is 11.3. The molecule has 16 heavy (non-hydrogen) atoms. The number of carbonyl (C=O) groups is 2. The number of carbonyl (C=O) groups excluding carboxylic acids is 2. The van der Waals surface area contributed by atoms with E-state index >= 15 is 0 Å². The first-order valence-electron chi connectivity index (χ1n) is 5.07. The molecule has 1 heterocycles. The van der Waals surface area contributed by atoms with Crippen LogP contribution >= 0.6 is 0 Å². The topological polar surface area (TPSA) is 71.1 Å². The molecular formula is C11H15N3O2. The maximum absolute atomic E-state index is 11.3. The summed E-state index contributed by atoms with van der Waals surface area (Å²) in [6.45, 7) is 3.93. The van der Waals surface area contributed by atoms with Crippen LogP contribution in [0, 0.1) is 0 Å². The van der Waals surface area contributed by atoms with Crippen molar-refractivity contribution in [1.82, 2.24) is 15.6 Å². The highest BCUT2D eigenvalue weighted by atomic mass is 16.2. The molecule has 2 N–H and O–H groups in total. The van der Waals surface area contributed by atoms with Gasteiger partial charge in [0.2, 0.25) is 0 Å². The van der Waals surface area contributed by atoms with E-state index in [2.05, 4.69) is 15.6 Å². The van der Waals surface area contributed by atoms with Crippen LogP contribution in [0.25, 0.3) is 0 Å². The summed E-state index contributed by atoms with van der Waals surface area (Å²) in [7, 11) is 0. The summed E-state index contributed by atoms with van der Waals surface area (Å²) in [5.41, 5.74) is 0.903. The molecule has 0 saturated heterocycles. The van der Waals surface area contributed by atoms with Crippen molar-refractivity contribution in [3.63, 3.8) is 0 Å². The summed E-state index contributed by atoms with van der Waals surface area (Å²) in [6.07, 6.45) is 3.27. The van der Waals surface area contributed by atoms with Gasteiger partial charge in [-0.15, -0.1) is 0 Å². The molecule has 0 bridgehead atoms. The van der Waals surface area contributed by atoms with Gasteiger partial charge >= 0.3 is 11.8 Å². The van der Waals surface area contributed by atoms with Crippen LogP contribution in [0.4, 0.5) is 0 Å². The van der Waals surface area contributed by atoms with E-state index < -0.39 is 11.8 Å². The lowest BCUT2D eigenvalue weighted by molar-refractivity contribution is -0.139. The monoisotopic (exact) mass is 221 g/mol. The van der Waals surface area contributed by atoms with Gasteiger partial charge in [0.05, 0.1) is 0 Å². The zero-order valence-electron chi connectivity index (χ0n) is 9.36. The minimum atomic E-state index is -0.620. The number of pyridine rings is 1. The third-order valence-corrected chi connectivity index (χ3v) is 1.83. The lowest BCUT2D eigenvalue weighted by Crippen LogP contribution is -2.42. The molecule has 1 rings (SSSR count). The molecule has 0 saturated carbocycles. The standard InChI is InChI=1S/C11H15N3O2/c1-8(2)14-11(16)10(15)13-7-9-3-5-12-6-4-9/h3-6,8H,7H2,1-2H3,(H,13,15)(H,14,16). The van der Waals surface area contributed by atoms with Crippen molar-refractivity contribution in [2.45, 2.75) is 26.4 Å². The number of hydrogen-bond donors (Lipinski definition) is 2. The minimum absolute atomic E-state index is 0.0424. The Morgan fingerprint density at radius 3 is 2.44 bits per heavy atom. The van der Waals surface area contributed by atoms with Crippen LogP contribution in [0.5, 0.6) is 0 Å². The Morgan fingerprint density at radius 1 is 1.25 bits per heavy atom. The Morgan fingerprint density at radius 2 is 1.88 bits per heavy atom. The average Bonchev–Trinajstić information content (AvgIpc) is 2.26. The van der Waals surface area contributed by atoms with E-state index in [4.69, 9.17) is 0 Å². The van der Waals surface area contributed by atoms with Crippen molar-refractivity contribution in [1.29, 1.82) is 0 Å². The molecule has 0 radical (unpaired) electrons. The molecule has 5 nitrogen and oxygen atoms in total. The fourth-order valence-corrected chi connectivity index (χ4v) is 1.09. The SMILES string of the molecule is CC(C)NC(=O)C(=O)NCc1ccncc1. The minimum Gasteiger partial charge on any atom is -0.346 e. The summed E-state index contributed by atoms with van der Waals surface area (Å²) in [4.78, 5) is 26.4. The first kappa shape index (κ1) is 12.2. The Hall–Kier alpha value is -1.91. The van der Waals surface area contributed by atoms with Crippen molar-refractivity contribution < 1.29 is 9.59 Å². The molecule has 86 valence electrons. The lowest BCUT2D eigenvalue weighted by atomic mass is 10.2. The number of nitrogens with one attached hydrogen (secondary N) is 2. The van der Waals surface area contributed by atoms with Crippen molar-refractivity contribution >= 4 is 11.8 Å². The Labute approximate surface area is 94.3 Å². The summed E-state index contributed by atoms with van der Waals surface area (Å²) < 4.78 is 0. The van der Waals surface area contributed by atoms with Gasteiger partial charge in [0.1, 0.15) is 0 Å². The molecule has 0 atom stereocenters. The highest BCUT2D eigenvalue weighted by Gasteiger charge is 2.13. The van der Waals surface area contributed by atoms with Crippen molar-refractivity contribution in [3.8, 4) is 0 Å². The molecular weight excluding hydrogens is 206 g/mol. The predicted octanol–water partition coefficient (Wildman–Crippen LogP) is 0.222. The van der Waals surface area contributed by atoms with Crippen molar-refractivity contribution in [2.75, 3.05) is 0 Å². The van der Waals surface area contributed by atoms with Crippen LogP contribution in [0.3, 0.4) is 0 Å². The molecule has 0 aliphatic carbocycles. The molecule has 1 aromatic rings. The highest BCUT2D eigenvalue weighted by Crippen LogP contribution is 1.94. The van der Waals surface area contributed by atoms with Crippen LogP contribution < -0.4 is 10.6 Å². The zero-order valence-corrected chi connectivity index (χ0v) is 9.36. The van der Waals surface area contributed by atoms with E-state index in [0.717, 1.165) is 5.56 Å². The van der Waals surface area contributed by atoms with E-state index in [1.165, 1.54) is 0 Å². The zero-order chi connectivity index (χ0) is 12.0. The van der Waals surface area contributed by atoms with Gasteiger partial charge in [-0.05, 0) is 31.5 Å². The van der Waals surface area contributed by atoms with Crippen LogP contribution in [0.15, 0.2) is 24.5 Å². The smallest absolute Gasteiger partial charge is 0.309 e. The second-order valence-corrected chi connectivity index (χ2v) is 3.67. The van der Waals surface area contributed by atoms with Gasteiger partial charge in [0.25, 0.3) is 0 Å². The van der Waals surface area contributed by atoms with E-state index in [0.29, 0.717) is 6.54 Å². The van der Waals surface area contributed by atoms with E-state index in [1.54, 1.807) is 38.4 Å². The van der Waals surface area contributed by atoms with Gasteiger partial charge in [-0.25, -0.2) is 0 Å². The van der Waals surface area contributed by atoms with Gasteiger partial charge in [-0.2, -0.15) is 0 Å². The first-order chi connectivity index (χ1) is 7.59. The molecule has 2 amide bonds. The van der Waals surface area contributed by atoms with Crippen LogP contribution in [0.1, 0.15) is 19.4 Å². The second kappa shape index (κ2) is 5.85. The number of hydrogen-bond acceptors (Lipinski definition) is 3. The van der Waals surface area contributed by atoms with Gasteiger partial charge in [0.15, 0.2) is 0 Å². The first-order valence-corrected chi connectivity index (χ1v) is 5.07. The largest absolute Gasteiger partial charge is 0.346 e. The molecule has 0 unspecified atom stereocenters. The van der Waals surface area contributed by atoms with E-state index in [1.807, 2.05) is 0 Å². The van der Waals surface area contributed by atoms with Crippen LogP contribution in [-0.2, 0) is 16.1 Å². The molecule has 0 spiro atoms. The summed E-state index contributed by atoms with van der Waals surface area (Å²) >= 11 is 0. The number of rotatable bonds is 3. The number of amides is 2. The Bertz CT molecular complexity index is 363. The third-order valence-electron chi connectivity index (χ3n) is 1.83. The summed E-state index contributed by atoms with van der Waals surface area (Å²) in [5.74, 6) is -1.23. The second-order valence-electron chi connectivity index (χ2n) is 3.67. The van der Waals surface area contributed by atoms with Gasteiger partial charge in [-0.3, -0.25) is 14.6 Å². The van der Waals surface area contributed by atoms with E-state index in [-0.39, 0.29) is 6.04 Å². The quantitative estimate of drug-likeness (QED) is 0.717. The fourth-order valence-electron chi connectivity index (χ4n) is 1.09. The van der Waals surface area contributed by atoms with E-state index in [9.17, 15) is 9.59 Å². The van der Waals surface area contributed by atoms with Crippen LogP contribution in [0.2, 0.25) is 0 Å². The molecule has 1 aromatic heterocycles. The van der Waals surface area contributed by atoms with Crippen molar-refractivity contribution in [3.05, 3.63) is 30.1 Å². The van der Waals surface area contributed by atoms with Crippen LogP contribution in [-0.4, -0.2) is 22.8 Å². The maximum Gasteiger partial charge on any atom is 0.309 e. The summed E-state index contributed by atoms with van der Waals surface area (Å²) in [6, 6.07) is 3.51. The number of nitrogens with zero attached hydrogens (tertiary/aromatic N) is 1. The van der Waals surface area contributed by atoms with Gasteiger partial charge in [-0.1, -0.05) is 0 Å². The molecule has 0 aliphatic rings. The molecule has 5 heteroatoms. The number of aromatic nitrogens is 1. The fraction of sp³-hybridized carbons (Fsp3) is 0.364. The van der Waals surface area contributed by atoms with Crippen molar-refractivity contribution in [2.24, 2.45) is 0 Å². The molecule has 0 fully saturated rings. The summed E-state index contributed by atoms with van der Waals surface area (Å²) in [5, 5.41) is 5.04. The molecule has 0 aliphatic heterocycles. The normalized spacial score (nSPS) is 9.94. The molecule has 0 aromatic carbocycles.